The summed E-state index contributed by atoms with van der Waals surface area (Å²) in [5.41, 5.74) is 5.93. The highest BCUT2D eigenvalue weighted by atomic mass is 35.5. The van der Waals surface area contributed by atoms with E-state index in [1.165, 1.54) is 0 Å². The number of nitrogens with one attached hydrogen (secondary N) is 1. The number of hydrogen-bond donors (Lipinski definition) is 2. The molecule has 0 saturated heterocycles. The van der Waals surface area contributed by atoms with Gasteiger partial charge in [0.05, 0.1) is 10.6 Å². The van der Waals surface area contributed by atoms with Gasteiger partial charge in [0.25, 0.3) is 5.91 Å². The topological polar surface area (TPSA) is 55.1 Å². The van der Waals surface area contributed by atoms with Crippen LogP contribution in [0.2, 0.25) is 5.02 Å². The first-order valence-corrected chi connectivity index (χ1v) is 6.53. The molecule has 0 radical (unpaired) electrons. The van der Waals surface area contributed by atoms with Crippen LogP contribution in [0.15, 0.2) is 23.1 Å². The standard InChI is InChI=1S/C11H15ClN2OS.ClH/c1-7(6-13)14-11(15)9-5-8(16-2)3-4-10(9)12;/h3-5,7H,6,13H2,1-2H3,(H,14,15);1H/t7-;/m0./s1. The van der Waals surface area contributed by atoms with Gasteiger partial charge in [0.1, 0.15) is 0 Å². The van der Waals surface area contributed by atoms with E-state index in [1.807, 2.05) is 19.2 Å². The summed E-state index contributed by atoms with van der Waals surface area (Å²) in [6.07, 6.45) is 1.95. The average Bonchev–Trinajstić information content (AvgIpc) is 2.29. The second-order valence-electron chi connectivity index (χ2n) is 3.46. The second-order valence-corrected chi connectivity index (χ2v) is 4.74. The van der Waals surface area contributed by atoms with Gasteiger partial charge >= 0.3 is 0 Å². The molecule has 0 aliphatic rings. The predicted molar refractivity (Wildman–Crippen MR) is 76.5 cm³/mol. The third-order valence-corrected chi connectivity index (χ3v) is 3.20. The molecule has 3 N–H and O–H groups in total. The molecular formula is C11H16Cl2N2OS. The van der Waals surface area contributed by atoms with Crippen LogP contribution in [0.1, 0.15) is 17.3 Å². The molecule has 6 heteroatoms. The van der Waals surface area contributed by atoms with Crippen molar-refractivity contribution >= 4 is 41.7 Å². The number of rotatable bonds is 4. The minimum Gasteiger partial charge on any atom is -0.348 e. The van der Waals surface area contributed by atoms with E-state index in [2.05, 4.69) is 5.32 Å². The number of thioether (sulfide) groups is 1. The molecule has 1 aromatic rings. The van der Waals surface area contributed by atoms with E-state index < -0.39 is 0 Å². The van der Waals surface area contributed by atoms with E-state index in [0.29, 0.717) is 17.1 Å². The molecule has 0 bridgehead atoms. The number of carbonyl (C=O) groups excluding carboxylic acids is 1. The van der Waals surface area contributed by atoms with Gasteiger partial charge in [-0.15, -0.1) is 24.2 Å². The lowest BCUT2D eigenvalue weighted by atomic mass is 10.2. The van der Waals surface area contributed by atoms with Crippen LogP contribution in [-0.2, 0) is 0 Å². The predicted octanol–water partition coefficient (Wildman–Crippen LogP) is 2.56. The van der Waals surface area contributed by atoms with E-state index in [4.69, 9.17) is 17.3 Å². The van der Waals surface area contributed by atoms with Crippen LogP contribution >= 0.6 is 35.8 Å². The maximum absolute atomic E-state index is 11.8. The Bertz CT molecular complexity index is 388. The van der Waals surface area contributed by atoms with E-state index in [9.17, 15) is 4.79 Å². The Labute approximate surface area is 117 Å². The third kappa shape index (κ3) is 4.76. The van der Waals surface area contributed by atoms with Gasteiger partial charge in [0.15, 0.2) is 0 Å². The van der Waals surface area contributed by atoms with Crippen molar-refractivity contribution in [2.75, 3.05) is 12.8 Å². The molecule has 1 rings (SSSR count). The fourth-order valence-electron chi connectivity index (χ4n) is 1.17. The number of halogens is 2. The number of hydrogen-bond acceptors (Lipinski definition) is 3. The molecule has 17 heavy (non-hydrogen) atoms. The Balaban J connectivity index is 0.00000256. The number of carbonyl (C=O) groups is 1. The van der Waals surface area contributed by atoms with Gasteiger partial charge in [-0.3, -0.25) is 4.79 Å². The molecule has 0 heterocycles. The SMILES string of the molecule is CSc1ccc(Cl)c(C(=O)N[C@@H](C)CN)c1.Cl. The smallest absolute Gasteiger partial charge is 0.253 e. The summed E-state index contributed by atoms with van der Waals surface area (Å²) >= 11 is 7.54. The zero-order chi connectivity index (χ0) is 12.1. The molecule has 0 aliphatic heterocycles. The van der Waals surface area contributed by atoms with Crippen LogP contribution in [0, 0.1) is 0 Å². The van der Waals surface area contributed by atoms with Crippen molar-refractivity contribution in [1.82, 2.24) is 5.32 Å². The van der Waals surface area contributed by atoms with Gasteiger partial charge in [0.2, 0.25) is 0 Å². The molecule has 3 nitrogen and oxygen atoms in total. The number of amides is 1. The summed E-state index contributed by atoms with van der Waals surface area (Å²) in [5, 5.41) is 3.24. The third-order valence-electron chi connectivity index (χ3n) is 2.15. The van der Waals surface area contributed by atoms with Gasteiger partial charge in [-0.2, -0.15) is 0 Å². The molecule has 1 amide bonds. The quantitative estimate of drug-likeness (QED) is 0.839. The Morgan fingerprint density at radius 2 is 2.24 bits per heavy atom. The van der Waals surface area contributed by atoms with Crippen molar-refractivity contribution in [2.24, 2.45) is 5.73 Å². The summed E-state index contributed by atoms with van der Waals surface area (Å²) in [6, 6.07) is 5.35. The monoisotopic (exact) mass is 294 g/mol. The van der Waals surface area contributed by atoms with E-state index in [1.54, 1.807) is 23.9 Å². The molecule has 1 aromatic carbocycles. The Morgan fingerprint density at radius 1 is 1.59 bits per heavy atom. The van der Waals surface area contributed by atoms with Crippen LogP contribution in [0.5, 0.6) is 0 Å². The molecule has 0 aromatic heterocycles. The minimum absolute atomic E-state index is 0. The first-order chi connectivity index (χ1) is 7.58. The summed E-state index contributed by atoms with van der Waals surface area (Å²) < 4.78 is 0. The van der Waals surface area contributed by atoms with Crippen LogP contribution < -0.4 is 11.1 Å². The molecular weight excluding hydrogens is 279 g/mol. The van der Waals surface area contributed by atoms with Crippen molar-refractivity contribution in [2.45, 2.75) is 17.9 Å². The lowest BCUT2D eigenvalue weighted by Gasteiger charge is -2.12. The fourth-order valence-corrected chi connectivity index (χ4v) is 1.81. The maximum atomic E-state index is 11.8. The van der Waals surface area contributed by atoms with Crippen LogP contribution in [0.25, 0.3) is 0 Å². The number of benzene rings is 1. The molecule has 1 atom stereocenters. The van der Waals surface area contributed by atoms with Gasteiger partial charge < -0.3 is 11.1 Å². The highest BCUT2D eigenvalue weighted by molar-refractivity contribution is 7.98. The highest BCUT2D eigenvalue weighted by Gasteiger charge is 2.12. The average molecular weight is 295 g/mol. The summed E-state index contributed by atoms with van der Waals surface area (Å²) in [4.78, 5) is 12.9. The molecule has 0 saturated carbocycles. The van der Waals surface area contributed by atoms with Gasteiger partial charge in [0, 0.05) is 17.5 Å². The van der Waals surface area contributed by atoms with Crippen molar-refractivity contribution in [3.63, 3.8) is 0 Å². The van der Waals surface area contributed by atoms with E-state index in [0.717, 1.165) is 4.90 Å². The zero-order valence-electron chi connectivity index (χ0n) is 9.70. The van der Waals surface area contributed by atoms with Gasteiger partial charge in [-0.25, -0.2) is 0 Å². The fraction of sp³-hybridized carbons (Fsp3) is 0.364. The Morgan fingerprint density at radius 3 is 2.76 bits per heavy atom. The lowest BCUT2D eigenvalue weighted by Crippen LogP contribution is -2.37. The lowest BCUT2D eigenvalue weighted by molar-refractivity contribution is 0.0941. The maximum Gasteiger partial charge on any atom is 0.253 e. The summed E-state index contributed by atoms with van der Waals surface area (Å²) in [7, 11) is 0. The van der Waals surface area contributed by atoms with Crippen LogP contribution in [0.4, 0.5) is 0 Å². The highest BCUT2D eigenvalue weighted by Crippen LogP contribution is 2.22. The Hall–Kier alpha value is -0.420. The molecule has 0 spiro atoms. The Kier molecular flexibility index (Phi) is 7.63. The summed E-state index contributed by atoms with van der Waals surface area (Å²) in [5.74, 6) is -0.182. The van der Waals surface area contributed by atoms with Gasteiger partial charge in [-0.05, 0) is 31.4 Å². The first-order valence-electron chi connectivity index (χ1n) is 4.93. The van der Waals surface area contributed by atoms with E-state index >= 15 is 0 Å². The van der Waals surface area contributed by atoms with Crippen molar-refractivity contribution in [1.29, 1.82) is 0 Å². The van der Waals surface area contributed by atoms with Crippen LogP contribution in [-0.4, -0.2) is 24.7 Å². The van der Waals surface area contributed by atoms with Gasteiger partial charge in [-0.1, -0.05) is 11.6 Å². The van der Waals surface area contributed by atoms with E-state index in [-0.39, 0.29) is 24.4 Å². The van der Waals surface area contributed by atoms with Crippen molar-refractivity contribution in [3.8, 4) is 0 Å². The molecule has 0 fully saturated rings. The van der Waals surface area contributed by atoms with Crippen LogP contribution in [0.3, 0.4) is 0 Å². The van der Waals surface area contributed by atoms with Crippen molar-refractivity contribution < 1.29 is 4.79 Å². The largest absolute Gasteiger partial charge is 0.348 e. The zero-order valence-corrected chi connectivity index (χ0v) is 12.1. The normalized spacial score (nSPS) is 11.5. The number of nitrogens with two attached hydrogens (primary N) is 1. The van der Waals surface area contributed by atoms with Crippen molar-refractivity contribution in [3.05, 3.63) is 28.8 Å². The molecule has 96 valence electrons. The first kappa shape index (κ1) is 16.6. The summed E-state index contributed by atoms with van der Waals surface area (Å²) in [6.45, 7) is 2.26. The molecule has 0 unspecified atom stereocenters. The molecule has 0 aliphatic carbocycles. The minimum atomic E-state index is -0.182. The second kappa shape index (κ2) is 7.82.